The zero-order valence-corrected chi connectivity index (χ0v) is 14.6. The summed E-state index contributed by atoms with van der Waals surface area (Å²) in [7, 11) is 1.59. The summed E-state index contributed by atoms with van der Waals surface area (Å²) in [6.45, 7) is 0. The summed E-state index contributed by atoms with van der Waals surface area (Å²) in [6, 6.07) is 13.4. The monoisotopic (exact) mass is 367 g/mol. The number of nitrogens with zero attached hydrogens (tertiary/aromatic N) is 2. The number of imidazole rings is 1. The summed E-state index contributed by atoms with van der Waals surface area (Å²) in [4.78, 5) is 18.4. The van der Waals surface area contributed by atoms with Crippen LogP contribution in [0.5, 0.6) is 5.75 Å². The fourth-order valence-electron chi connectivity index (χ4n) is 2.52. The van der Waals surface area contributed by atoms with E-state index in [2.05, 4.69) is 10.3 Å². The van der Waals surface area contributed by atoms with E-state index in [9.17, 15) is 9.18 Å². The SMILES string of the molecule is COc1ccc(NC(=O)c2cn3cc(-c4ccc(F)cc4)sc3n2)cc1. The maximum atomic E-state index is 13.0. The summed E-state index contributed by atoms with van der Waals surface area (Å²) in [6.07, 6.45) is 3.56. The van der Waals surface area contributed by atoms with Crippen molar-refractivity contribution >= 4 is 27.9 Å². The molecule has 0 saturated carbocycles. The van der Waals surface area contributed by atoms with Gasteiger partial charge in [-0.2, -0.15) is 0 Å². The number of hydrogen-bond donors (Lipinski definition) is 1. The predicted octanol–water partition coefficient (Wildman–Crippen LogP) is 4.46. The lowest BCUT2D eigenvalue weighted by atomic mass is 10.2. The van der Waals surface area contributed by atoms with E-state index in [0.717, 1.165) is 16.2 Å². The van der Waals surface area contributed by atoms with Crippen molar-refractivity contribution in [1.82, 2.24) is 9.38 Å². The molecular formula is C19H14FN3O2S. The summed E-state index contributed by atoms with van der Waals surface area (Å²) in [5.41, 5.74) is 1.91. The molecule has 0 bridgehead atoms. The number of fused-ring (bicyclic) bond motifs is 1. The zero-order chi connectivity index (χ0) is 18.1. The van der Waals surface area contributed by atoms with Gasteiger partial charge in [0.15, 0.2) is 4.96 Å². The fraction of sp³-hybridized carbons (Fsp3) is 0.0526. The van der Waals surface area contributed by atoms with E-state index >= 15 is 0 Å². The van der Waals surface area contributed by atoms with Gasteiger partial charge < -0.3 is 10.1 Å². The van der Waals surface area contributed by atoms with Crippen LogP contribution in [0.25, 0.3) is 15.4 Å². The molecule has 130 valence electrons. The Balaban J connectivity index is 1.54. The predicted molar refractivity (Wildman–Crippen MR) is 99.4 cm³/mol. The van der Waals surface area contributed by atoms with Gasteiger partial charge in [0.25, 0.3) is 5.91 Å². The van der Waals surface area contributed by atoms with Gasteiger partial charge >= 0.3 is 0 Å². The second-order valence-corrected chi connectivity index (χ2v) is 6.61. The molecule has 0 saturated heterocycles. The Morgan fingerprint density at radius 2 is 1.85 bits per heavy atom. The van der Waals surface area contributed by atoms with Gasteiger partial charge in [-0.1, -0.05) is 23.5 Å². The Bertz CT molecular complexity index is 1040. The Morgan fingerprint density at radius 1 is 1.12 bits per heavy atom. The Labute approximate surface area is 152 Å². The number of carbonyl (C=O) groups is 1. The maximum absolute atomic E-state index is 13.0. The van der Waals surface area contributed by atoms with Gasteiger partial charge in [-0.3, -0.25) is 9.20 Å². The van der Waals surface area contributed by atoms with Gasteiger partial charge in [-0.05, 0) is 42.0 Å². The molecule has 0 fully saturated rings. The second-order valence-electron chi connectivity index (χ2n) is 5.60. The van der Waals surface area contributed by atoms with Gasteiger partial charge in [-0.25, -0.2) is 9.37 Å². The van der Waals surface area contributed by atoms with E-state index in [-0.39, 0.29) is 11.7 Å². The van der Waals surface area contributed by atoms with E-state index < -0.39 is 0 Å². The number of methoxy groups -OCH3 is 1. The summed E-state index contributed by atoms with van der Waals surface area (Å²) < 4.78 is 19.9. The van der Waals surface area contributed by atoms with Gasteiger partial charge in [0.1, 0.15) is 17.3 Å². The average Bonchev–Trinajstić information content (AvgIpc) is 3.22. The van der Waals surface area contributed by atoms with E-state index in [1.165, 1.54) is 23.5 Å². The highest BCUT2D eigenvalue weighted by molar-refractivity contribution is 7.20. The molecule has 7 heteroatoms. The van der Waals surface area contributed by atoms with E-state index in [0.29, 0.717) is 16.3 Å². The molecule has 4 rings (SSSR count). The van der Waals surface area contributed by atoms with Gasteiger partial charge in [0.05, 0.1) is 12.0 Å². The largest absolute Gasteiger partial charge is 0.497 e. The molecule has 4 aromatic rings. The highest BCUT2D eigenvalue weighted by Crippen LogP contribution is 2.28. The number of aromatic nitrogens is 2. The van der Waals surface area contributed by atoms with Gasteiger partial charge in [-0.15, -0.1) is 0 Å². The lowest BCUT2D eigenvalue weighted by Gasteiger charge is -2.04. The smallest absolute Gasteiger partial charge is 0.275 e. The van der Waals surface area contributed by atoms with Crippen molar-refractivity contribution in [3.63, 3.8) is 0 Å². The number of hydrogen-bond acceptors (Lipinski definition) is 4. The average molecular weight is 367 g/mol. The van der Waals surface area contributed by atoms with Gasteiger partial charge in [0.2, 0.25) is 0 Å². The van der Waals surface area contributed by atoms with Crippen LogP contribution in [-0.4, -0.2) is 22.4 Å². The maximum Gasteiger partial charge on any atom is 0.275 e. The molecule has 5 nitrogen and oxygen atoms in total. The van der Waals surface area contributed by atoms with Crippen LogP contribution >= 0.6 is 11.3 Å². The number of ether oxygens (including phenoxy) is 1. The van der Waals surface area contributed by atoms with Crippen LogP contribution in [-0.2, 0) is 0 Å². The molecule has 1 N–H and O–H groups in total. The topological polar surface area (TPSA) is 55.6 Å². The van der Waals surface area contributed by atoms with Crippen molar-refractivity contribution in [2.24, 2.45) is 0 Å². The summed E-state index contributed by atoms with van der Waals surface area (Å²) in [5.74, 6) is 0.167. The molecular weight excluding hydrogens is 353 g/mol. The van der Waals surface area contributed by atoms with Crippen molar-refractivity contribution < 1.29 is 13.9 Å². The van der Waals surface area contributed by atoms with E-state index in [1.807, 2.05) is 6.20 Å². The third-order valence-electron chi connectivity index (χ3n) is 3.87. The minimum Gasteiger partial charge on any atom is -0.497 e. The van der Waals surface area contributed by atoms with Crippen LogP contribution in [0.15, 0.2) is 60.9 Å². The quantitative estimate of drug-likeness (QED) is 0.579. The van der Waals surface area contributed by atoms with Gasteiger partial charge in [0, 0.05) is 18.1 Å². The number of halogens is 1. The molecule has 2 aromatic heterocycles. The molecule has 0 aliphatic rings. The minimum atomic E-state index is -0.283. The molecule has 0 spiro atoms. The van der Waals surface area contributed by atoms with Crippen molar-refractivity contribution in [1.29, 1.82) is 0 Å². The molecule has 0 radical (unpaired) electrons. The first kappa shape index (κ1) is 16.3. The highest BCUT2D eigenvalue weighted by Gasteiger charge is 2.14. The molecule has 2 aromatic carbocycles. The van der Waals surface area contributed by atoms with Crippen molar-refractivity contribution in [3.05, 3.63) is 72.4 Å². The van der Waals surface area contributed by atoms with Crippen molar-refractivity contribution in [3.8, 4) is 16.2 Å². The Kier molecular flexibility index (Phi) is 4.14. The lowest BCUT2D eigenvalue weighted by molar-refractivity contribution is 0.102. The van der Waals surface area contributed by atoms with Crippen molar-refractivity contribution in [2.45, 2.75) is 0 Å². The molecule has 0 aliphatic heterocycles. The normalized spacial score (nSPS) is 10.8. The third-order valence-corrected chi connectivity index (χ3v) is 4.91. The summed E-state index contributed by atoms with van der Waals surface area (Å²) in [5, 5.41) is 2.81. The number of amides is 1. The standard InChI is InChI=1S/C19H14FN3O2S/c1-25-15-8-6-14(7-9-15)21-18(24)16-10-23-11-17(26-19(23)22-16)12-2-4-13(20)5-3-12/h2-11H,1H3,(H,21,24). The van der Waals surface area contributed by atoms with Crippen LogP contribution in [0.3, 0.4) is 0 Å². The third kappa shape index (κ3) is 3.16. The highest BCUT2D eigenvalue weighted by atomic mass is 32.1. The van der Waals surface area contributed by atoms with Crippen molar-refractivity contribution in [2.75, 3.05) is 12.4 Å². The zero-order valence-electron chi connectivity index (χ0n) is 13.8. The van der Waals surface area contributed by atoms with Crippen LogP contribution in [0, 0.1) is 5.82 Å². The first-order valence-corrected chi connectivity index (χ1v) is 8.64. The first-order valence-electron chi connectivity index (χ1n) is 7.82. The lowest BCUT2D eigenvalue weighted by Crippen LogP contribution is -2.12. The van der Waals surface area contributed by atoms with E-state index in [4.69, 9.17) is 4.74 Å². The number of thiazole rings is 1. The van der Waals surface area contributed by atoms with E-state index in [1.54, 1.807) is 54.1 Å². The molecule has 1 amide bonds. The molecule has 0 aliphatic carbocycles. The Hall–Kier alpha value is -3.19. The number of nitrogens with one attached hydrogen (secondary N) is 1. The molecule has 26 heavy (non-hydrogen) atoms. The first-order chi connectivity index (χ1) is 12.6. The number of anilines is 1. The molecule has 2 heterocycles. The minimum absolute atomic E-state index is 0.271. The van der Waals surface area contributed by atoms with Crippen LogP contribution in [0.4, 0.5) is 10.1 Å². The number of rotatable bonds is 4. The number of benzene rings is 2. The summed E-state index contributed by atoms with van der Waals surface area (Å²) >= 11 is 1.44. The van der Waals surface area contributed by atoms with Crippen LogP contribution < -0.4 is 10.1 Å². The second kappa shape index (κ2) is 6.61. The number of carbonyl (C=O) groups excluding carboxylic acids is 1. The Morgan fingerprint density at radius 3 is 2.50 bits per heavy atom. The molecule has 0 unspecified atom stereocenters. The van der Waals surface area contributed by atoms with Crippen LogP contribution in [0.2, 0.25) is 0 Å². The molecule has 0 atom stereocenters. The van der Waals surface area contributed by atoms with Crippen LogP contribution in [0.1, 0.15) is 10.5 Å². The fourth-order valence-corrected chi connectivity index (χ4v) is 3.49.